The number of carbonyl (C=O) groups excluding carboxylic acids is 1. The number of hydrogen-bond donors (Lipinski definition) is 2. The Morgan fingerprint density at radius 1 is 1.47 bits per heavy atom. The van der Waals surface area contributed by atoms with Gasteiger partial charge in [0.25, 0.3) is 5.91 Å². The molecule has 2 aliphatic heterocycles. The van der Waals surface area contributed by atoms with E-state index in [1.54, 1.807) is 4.90 Å². The molecule has 2 aliphatic rings. The first-order valence-corrected chi connectivity index (χ1v) is 6.60. The van der Waals surface area contributed by atoms with Crippen LogP contribution in [-0.2, 0) is 14.4 Å². The molecule has 1 amide bonds. The molecular formula is C12H19N3O4. The molecule has 19 heavy (non-hydrogen) atoms. The van der Waals surface area contributed by atoms with Crippen LogP contribution in [0.3, 0.4) is 0 Å². The third-order valence-electron chi connectivity index (χ3n) is 3.56. The topological polar surface area (TPSA) is 91.2 Å². The second-order valence-electron chi connectivity index (χ2n) is 4.75. The number of carbonyl (C=O) groups is 2. The number of rotatable bonds is 4. The second kappa shape index (κ2) is 6.01. The molecule has 0 spiro atoms. The number of aliphatic carboxylic acids is 1. The zero-order chi connectivity index (χ0) is 13.8. The van der Waals surface area contributed by atoms with Crippen molar-refractivity contribution in [2.24, 2.45) is 5.16 Å². The van der Waals surface area contributed by atoms with Crippen molar-refractivity contribution in [2.75, 3.05) is 19.6 Å². The first-order valence-electron chi connectivity index (χ1n) is 6.60. The Labute approximate surface area is 111 Å². The van der Waals surface area contributed by atoms with Gasteiger partial charge in [0.2, 0.25) is 6.10 Å². The average molecular weight is 269 g/mol. The van der Waals surface area contributed by atoms with Crippen LogP contribution in [0.1, 0.15) is 26.2 Å². The number of carboxylic acid groups (broad SMARTS) is 1. The van der Waals surface area contributed by atoms with Gasteiger partial charge in [0.05, 0.1) is 0 Å². The third kappa shape index (κ3) is 3.04. The van der Waals surface area contributed by atoms with Gasteiger partial charge in [-0.2, -0.15) is 0 Å². The number of nitrogens with zero attached hydrogens (tertiary/aromatic N) is 2. The van der Waals surface area contributed by atoms with Gasteiger partial charge in [-0.1, -0.05) is 5.16 Å². The highest BCUT2D eigenvalue weighted by Gasteiger charge is 2.36. The Morgan fingerprint density at radius 3 is 2.68 bits per heavy atom. The van der Waals surface area contributed by atoms with E-state index in [9.17, 15) is 9.59 Å². The normalized spacial score (nSPS) is 23.6. The van der Waals surface area contributed by atoms with Crippen LogP contribution in [0, 0.1) is 0 Å². The van der Waals surface area contributed by atoms with E-state index in [0.29, 0.717) is 6.54 Å². The van der Waals surface area contributed by atoms with Gasteiger partial charge in [0.15, 0.2) is 5.71 Å². The van der Waals surface area contributed by atoms with Gasteiger partial charge in [-0.05, 0) is 32.9 Å². The van der Waals surface area contributed by atoms with Crippen molar-refractivity contribution < 1.29 is 19.5 Å². The molecule has 0 radical (unpaired) electrons. The molecule has 7 nitrogen and oxygen atoms in total. The van der Waals surface area contributed by atoms with E-state index in [4.69, 9.17) is 9.94 Å². The molecule has 1 atom stereocenters. The highest BCUT2D eigenvalue weighted by atomic mass is 16.6. The fourth-order valence-electron chi connectivity index (χ4n) is 2.53. The number of hydrogen-bond acceptors (Lipinski definition) is 5. The lowest BCUT2D eigenvalue weighted by molar-refractivity contribution is -0.144. The van der Waals surface area contributed by atoms with Crippen molar-refractivity contribution in [2.45, 2.75) is 38.3 Å². The summed E-state index contributed by atoms with van der Waals surface area (Å²) in [6.45, 7) is 4.33. The van der Waals surface area contributed by atoms with E-state index in [1.807, 2.05) is 6.92 Å². The Hall–Kier alpha value is -1.63. The molecule has 106 valence electrons. The van der Waals surface area contributed by atoms with Crippen LogP contribution in [0.4, 0.5) is 0 Å². The van der Waals surface area contributed by atoms with Crippen molar-refractivity contribution in [1.29, 1.82) is 0 Å². The fourth-order valence-corrected chi connectivity index (χ4v) is 2.53. The molecule has 0 aromatic carbocycles. The van der Waals surface area contributed by atoms with Crippen molar-refractivity contribution in [1.82, 2.24) is 10.2 Å². The van der Waals surface area contributed by atoms with Crippen LogP contribution in [0.25, 0.3) is 0 Å². The minimum atomic E-state index is -1.12. The molecule has 1 unspecified atom stereocenters. The van der Waals surface area contributed by atoms with E-state index in [0.717, 1.165) is 25.9 Å². The smallest absolute Gasteiger partial charge is 0.353 e. The maximum absolute atomic E-state index is 12.4. The number of carboxylic acids is 1. The zero-order valence-corrected chi connectivity index (χ0v) is 11.0. The van der Waals surface area contributed by atoms with E-state index in [-0.39, 0.29) is 24.1 Å². The minimum absolute atomic E-state index is 0.0512. The molecule has 0 aliphatic carbocycles. The van der Waals surface area contributed by atoms with E-state index < -0.39 is 12.1 Å². The lowest BCUT2D eigenvalue weighted by Gasteiger charge is -2.34. The van der Waals surface area contributed by atoms with Gasteiger partial charge in [0.1, 0.15) is 0 Å². The van der Waals surface area contributed by atoms with Gasteiger partial charge in [-0.15, -0.1) is 0 Å². The summed E-state index contributed by atoms with van der Waals surface area (Å²) in [6.07, 6.45) is 1.11. The third-order valence-corrected chi connectivity index (χ3v) is 3.56. The largest absolute Gasteiger partial charge is 0.477 e. The van der Waals surface area contributed by atoms with Crippen LogP contribution >= 0.6 is 0 Å². The predicted molar refractivity (Wildman–Crippen MR) is 67.8 cm³/mol. The van der Waals surface area contributed by atoms with Gasteiger partial charge >= 0.3 is 5.97 Å². The lowest BCUT2D eigenvalue weighted by Crippen LogP contribution is -2.49. The molecular weight excluding hydrogens is 250 g/mol. The van der Waals surface area contributed by atoms with Crippen molar-refractivity contribution in [3.63, 3.8) is 0 Å². The molecule has 0 aromatic heterocycles. The summed E-state index contributed by atoms with van der Waals surface area (Å²) in [4.78, 5) is 29.9. The molecule has 1 fully saturated rings. The Kier molecular flexibility index (Phi) is 4.36. The summed E-state index contributed by atoms with van der Waals surface area (Å²) >= 11 is 0. The summed E-state index contributed by atoms with van der Waals surface area (Å²) in [6, 6.07) is 0.205. The van der Waals surface area contributed by atoms with Crippen LogP contribution in [0.15, 0.2) is 5.16 Å². The second-order valence-corrected chi connectivity index (χ2v) is 4.75. The highest BCUT2D eigenvalue weighted by Crippen LogP contribution is 2.18. The molecule has 0 saturated carbocycles. The standard InChI is InChI=1S/C12H19N3O4/c1-2-15(8-3-5-13-6-4-8)11(16)10-7-9(12(17)18)14-19-10/h8,10,13H,2-7H2,1H3,(H,17,18). The average Bonchev–Trinajstić information content (AvgIpc) is 2.90. The molecule has 2 heterocycles. The maximum Gasteiger partial charge on any atom is 0.353 e. The van der Waals surface area contributed by atoms with E-state index in [2.05, 4.69) is 10.5 Å². The summed E-state index contributed by atoms with van der Waals surface area (Å²) in [5.41, 5.74) is -0.0836. The zero-order valence-electron chi connectivity index (χ0n) is 11.0. The molecule has 7 heteroatoms. The monoisotopic (exact) mass is 269 g/mol. The molecule has 1 saturated heterocycles. The SMILES string of the molecule is CCN(C(=O)C1CC(C(=O)O)=NO1)C1CCNCC1. The number of oxime groups is 1. The molecule has 0 bridgehead atoms. The van der Waals surface area contributed by atoms with Crippen molar-refractivity contribution >= 4 is 17.6 Å². The summed E-state index contributed by atoms with van der Waals surface area (Å²) < 4.78 is 0. The molecule has 2 rings (SSSR count). The number of amides is 1. The highest BCUT2D eigenvalue weighted by molar-refractivity contribution is 6.36. The van der Waals surface area contributed by atoms with Crippen molar-refractivity contribution in [3.05, 3.63) is 0 Å². The van der Waals surface area contributed by atoms with Crippen LogP contribution in [0.2, 0.25) is 0 Å². The Morgan fingerprint density at radius 2 is 2.16 bits per heavy atom. The summed E-state index contributed by atoms with van der Waals surface area (Å²) in [7, 11) is 0. The summed E-state index contributed by atoms with van der Waals surface area (Å²) in [5, 5.41) is 15.5. The quantitative estimate of drug-likeness (QED) is 0.738. The predicted octanol–water partition coefficient (Wildman–Crippen LogP) is -0.184. The lowest BCUT2D eigenvalue weighted by atomic mass is 10.0. The van der Waals surface area contributed by atoms with Crippen LogP contribution in [-0.4, -0.2) is 59.4 Å². The van der Waals surface area contributed by atoms with E-state index in [1.165, 1.54) is 0 Å². The van der Waals surface area contributed by atoms with Crippen LogP contribution < -0.4 is 5.32 Å². The van der Waals surface area contributed by atoms with Crippen molar-refractivity contribution in [3.8, 4) is 0 Å². The van der Waals surface area contributed by atoms with Gasteiger partial charge in [-0.25, -0.2) is 4.79 Å². The first-order chi connectivity index (χ1) is 9.13. The number of nitrogens with one attached hydrogen (secondary N) is 1. The number of piperidine rings is 1. The molecule has 2 N–H and O–H groups in total. The fraction of sp³-hybridized carbons (Fsp3) is 0.750. The van der Waals surface area contributed by atoms with E-state index >= 15 is 0 Å². The Bertz CT molecular complexity index is 390. The molecule has 0 aromatic rings. The first kappa shape index (κ1) is 13.8. The van der Waals surface area contributed by atoms with Gasteiger partial charge in [-0.3, -0.25) is 4.79 Å². The van der Waals surface area contributed by atoms with Gasteiger partial charge in [0, 0.05) is 19.0 Å². The van der Waals surface area contributed by atoms with Gasteiger partial charge < -0.3 is 20.2 Å². The Balaban J connectivity index is 1.96. The maximum atomic E-state index is 12.4. The number of likely N-dealkylation sites (N-methyl/N-ethyl adjacent to an activating group) is 1. The summed E-state index contributed by atoms with van der Waals surface area (Å²) in [5.74, 6) is -1.28. The van der Waals surface area contributed by atoms with Crippen LogP contribution in [0.5, 0.6) is 0 Å². The minimum Gasteiger partial charge on any atom is -0.477 e.